The van der Waals surface area contributed by atoms with Crippen molar-refractivity contribution < 1.29 is 10.2 Å². The Morgan fingerprint density at radius 1 is 1.33 bits per heavy atom. The van der Waals surface area contributed by atoms with Gasteiger partial charge in [-0.15, -0.1) is 0 Å². The summed E-state index contributed by atoms with van der Waals surface area (Å²) in [6, 6.07) is 5.56. The number of imidazole rings is 1. The van der Waals surface area contributed by atoms with E-state index in [1.54, 1.807) is 0 Å². The standard InChI is InChI=1S/C13H17N3O2/c14-9-1-2-11-10(5-9)15-12(6-17)16(11)7-13(8-18)3-4-13/h1-2,5,17-18H,3-4,6-8,14H2. The van der Waals surface area contributed by atoms with E-state index in [2.05, 4.69) is 4.98 Å². The van der Waals surface area contributed by atoms with Gasteiger partial charge in [0.15, 0.2) is 0 Å². The number of anilines is 1. The van der Waals surface area contributed by atoms with Crippen LogP contribution in [0.2, 0.25) is 0 Å². The third-order valence-corrected chi connectivity index (χ3v) is 3.78. The molecule has 5 heteroatoms. The first-order valence-electron chi connectivity index (χ1n) is 6.14. The van der Waals surface area contributed by atoms with Crippen molar-refractivity contribution in [3.63, 3.8) is 0 Å². The van der Waals surface area contributed by atoms with Crippen LogP contribution in [0.3, 0.4) is 0 Å². The number of aliphatic hydroxyl groups excluding tert-OH is 2. The maximum absolute atomic E-state index is 9.42. The van der Waals surface area contributed by atoms with Crippen molar-refractivity contribution in [2.45, 2.75) is 26.0 Å². The quantitative estimate of drug-likeness (QED) is 0.700. The van der Waals surface area contributed by atoms with Gasteiger partial charge in [0.1, 0.15) is 12.4 Å². The van der Waals surface area contributed by atoms with Gasteiger partial charge in [0.2, 0.25) is 0 Å². The van der Waals surface area contributed by atoms with Crippen LogP contribution in [0.1, 0.15) is 18.7 Å². The SMILES string of the molecule is Nc1ccc2c(c1)nc(CO)n2CC1(CO)CC1. The number of hydrogen-bond donors (Lipinski definition) is 3. The number of fused-ring (bicyclic) bond motifs is 1. The first kappa shape index (κ1) is 11.5. The molecule has 4 N–H and O–H groups in total. The molecular formula is C13H17N3O2. The highest BCUT2D eigenvalue weighted by Crippen LogP contribution is 2.47. The minimum Gasteiger partial charge on any atom is -0.399 e. The highest BCUT2D eigenvalue weighted by molar-refractivity contribution is 5.79. The third-order valence-electron chi connectivity index (χ3n) is 3.78. The number of nitrogens with two attached hydrogens (primary N) is 1. The number of hydrogen-bond acceptors (Lipinski definition) is 4. The lowest BCUT2D eigenvalue weighted by Crippen LogP contribution is -2.17. The normalized spacial score (nSPS) is 17.2. The van der Waals surface area contributed by atoms with Crippen LogP contribution in [0.15, 0.2) is 18.2 Å². The minimum absolute atomic E-state index is 0.0149. The van der Waals surface area contributed by atoms with Crippen LogP contribution in [0, 0.1) is 5.41 Å². The molecule has 1 aliphatic rings. The molecule has 96 valence electrons. The Labute approximate surface area is 105 Å². The minimum atomic E-state index is -0.101. The molecule has 3 rings (SSSR count). The summed E-state index contributed by atoms with van der Waals surface area (Å²) in [5, 5.41) is 18.8. The van der Waals surface area contributed by atoms with Crippen LogP contribution in [0.4, 0.5) is 5.69 Å². The summed E-state index contributed by atoms with van der Waals surface area (Å²) >= 11 is 0. The van der Waals surface area contributed by atoms with Gasteiger partial charge in [-0.25, -0.2) is 4.98 Å². The fourth-order valence-electron chi connectivity index (χ4n) is 2.37. The Morgan fingerprint density at radius 3 is 2.72 bits per heavy atom. The predicted molar refractivity (Wildman–Crippen MR) is 68.8 cm³/mol. The number of aromatic nitrogens is 2. The average molecular weight is 247 g/mol. The zero-order chi connectivity index (χ0) is 12.8. The Kier molecular flexibility index (Phi) is 2.53. The van der Waals surface area contributed by atoms with E-state index in [1.807, 2.05) is 22.8 Å². The molecule has 0 amide bonds. The Bertz CT molecular complexity index is 587. The molecule has 1 fully saturated rings. The van der Waals surface area contributed by atoms with Gasteiger partial charge in [0, 0.05) is 17.6 Å². The number of rotatable bonds is 4. The highest BCUT2D eigenvalue weighted by atomic mass is 16.3. The van der Waals surface area contributed by atoms with Gasteiger partial charge >= 0.3 is 0 Å². The van der Waals surface area contributed by atoms with Crippen molar-refractivity contribution in [1.82, 2.24) is 9.55 Å². The maximum atomic E-state index is 9.42. The van der Waals surface area contributed by atoms with Crippen LogP contribution in [0.5, 0.6) is 0 Å². The van der Waals surface area contributed by atoms with Gasteiger partial charge in [-0.1, -0.05) is 0 Å². The van der Waals surface area contributed by atoms with Gasteiger partial charge in [-0.05, 0) is 31.0 Å². The van der Waals surface area contributed by atoms with Gasteiger partial charge in [0.25, 0.3) is 0 Å². The molecule has 1 saturated carbocycles. The van der Waals surface area contributed by atoms with E-state index < -0.39 is 0 Å². The van der Waals surface area contributed by atoms with Crippen molar-refractivity contribution in [2.75, 3.05) is 12.3 Å². The Balaban J connectivity index is 2.08. The Morgan fingerprint density at radius 2 is 2.11 bits per heavy atom. The zero-order valence-electron chi connectivity index (χ0n) is 10.1. The molecule has 1 aliphatic carbocycles. The second-order valence-electron chi connectivity index (χ2n) is 5.18. The first-order chi connectivity index (χ1) is 8.67. The number of benzene rings is 1. The molecular weight excluding hydrogens is 230 g/mol. The molecule has 0 spiro atoms. The number of nitrogen functional groups attached to an aromatic ring is 1. The first-order valence-corrected chi connectivity index (χ1v) is 6.14. The average Bonchev–Trinajstić information content (AvgIpc) is 3.07. The molecule has 0 saturated heterocycles. The van der Waals surface area contributed by atoms with E-state index in [-0.39, 0.29) is 18.6 Å². The second-order valence-corrected chi connectivity index (χ2v) is 5.18. The Hall–Kier alpha value is -1.59. The van der Waals surface area contributed by atoms with E-state index in [1.165, 1.54) is 0 Å². The largest absolute Gasteiger partial charge is 0.399 e. The number of aliphatic hydroxyl groups is 2. The van der Waals surface area contributed by atoms with E-state index in [9.17, 15) is 10.2 Å². The molecule has 1 aromatic heterocycles. The van der Waals surface area contributed by atoms with Crippen molar-refractivity contribution in [2.24, 2.45) is 5.41 Å². The topological polar surface area (TPSA) is 84.3 Å². The predicted octanol–water partition coefficient (Wildman–Crippen LogP) is 0.883. The monoisotopic (exact) mass is 247 g/mol. The smallest absolute Gasteiger partial charge is 0.135 e. The van der Waals surface area contributed by atoms with Crippen molar-refractivity contribution in [3.8, 4) is 0 Å². The van der Waals surface area contributed by atoms with E-state index in [0.29, 0.717) is 18.1 Å². The summed E-state index contributed by atoms with van der Waals surface area (Å²) in [5.74, 6) is 0.635. The molecule has 0 bridgehead atoms. The van der Waals surface area contributed by atoms with Gasteiger partial charge in [0.05, 0.1) is 17.6 Å². The summed E-state index contributed by atoms with van der Waals surface area (Å²) in [5.41, 5.74) is 8.15. The molecule has 5 nitrogen and oxygen atoms in total. The molecule has 1 heterocycles. The molecule has 0 aliphatic heterocycles. The summed E-state index contributed by atoms with van der Waals surface area (Å²) < 4.78 is 2.00. The van der Waals surface area contributed by atoms with E-state index in [0.717, 1.165) is 23.9 Å². The van der Waals surface area contributed by atoms with Gasteiger partial charge < -0.3 is 20.5 Å². The van der Waals surface area contributed by atoms with Crippen molar-refractivity contribution in [1.29, 1.82) is 0 Å². The lowest BCUT2D eigenvalue weighted by molar-refractivity contribution is 0.190. The van der Waals surface area contributed by atoms with Crippen LogP contribution in [-0.2, 0) is 13.2 Å². The maximum Gasteiger partial charge on any atom is 0.135 e. The van der Waals surface area contributed by atoms with Crippen molar-refractivity contribution in [3.05, 3.63) is 24.0 Å². The van der Waals surface area contributed by atoms with Gasteiger partial charge in [-0.3, -0.25) is 0 Å². The lowest BCUT2D eigenvalue weighted by atomic mass is 10.1. The van der Waals surface area contributed by atoms with Crippen LogP contribution in [-0.4, -0.2) is 26.4 Å². The third kappa shape index (κ3) is 1.76. The second kappa shape index (κ2) is 3.96. The molecule has 18 heavy (non-hydrogen) atoms. The summed E-state index contributed by atoms with van der Waals surface area (Å²) in [4.78, 5) is 4.39. The van der Waals surface area contributed by atoms with Gasteiger partial charge in [-0.2, -0.15) is 0 Å². The molecule has 0 atom stereocenters. The van der Waals surface area contributed by atoms with Crippen LogP contribution >= 0.6 is 0 Å². The molecule has 1 aromatic carbocycles. The lowest BCUT2D eigenvalue weighted by Gasteiger charge is -2.15. The molecule has 0 unspecified atom stereocenters. The van der Waals surface area contributed by atoms with Crippen LogP contribution in [0.25, 0.3) is 11.0 Å². The fraction of sp³-hybridized carbons (Fsp3) is 0.462. The molecule has 2 aromatic rings. The van der Waals surface area contributed by atoms with E-state index >= 15 is 0 Å². The summed E-state index contributed by atoms with van der Waals surface area (Å²) in [7, 11) is 0. The fourth-order valence-corrected chi connectivity index (χ4v) is 2.37. The summed E-state index contributed by atoms with van der Waals surface area (Å²) in [6.07, 6.45) is 2.06. The van der Waals surface area contributed by atoms with E-state index in [4.69, 9.17) is 5.73 Å². The summed E-state index contributed by atoms with van der Waals surface area (Å²) in [6.45, 7) is 0.794. The molecule has 0 radical (unpaired) electrons. The number of nitrogens with zero attached hydrogens (tertiary/aromatic N) is 2. The van der Waals surface area contributed by atoms with Crippen molar-refractivity contribution >= 4 is 16.7 Å². The van der Waals surface area contributed by atoms with Crippen LogP contribution < -0.4 is 5.73 Å². The highest BCUT2D eigenvalue weighted by Gasteiger charge is 2.42. The zero-order valence-corrected chi connectivity index (χ0v) is 10.1.